The minimum absolute atomic E-state index is 0.0872. The number of sulfone groups is 1. The SMILES string of the molecule is Cc1ccc2c(c1)C(C)(CCO)CCS2(=O)=O. The van der Waals surface area contributed by atoms with Crippen molar-refractivity contribution in [3.8, 4) is 0 Å². The molecule has 0 saturated heterocycles. The largest absolute Gasteiger partial charge is 0.396 e. The van der Waals surface area contributed by atoms with E-state index >= 15 is 0 Å². The van der Waals surface area contributed by atoms with Crippen LogP contribution in [0.1, 0.15) is 30.9 Å². The van der Waals surface area contributed by atoms with Crippen LogP contribution in [0.3, 0.4) is 0 Å². The maximum Gasteiger partial charge on any atom is 0.178 e. The zero-order valence-corrected chi connectivity index (χ0v) is 11.0. The average molecular weight is 254 g/mol. The Morgan fingerprint density at radius 1 is 1.41 bits per heavy atom. The van der Waals surface area contributed by atoms with E-state index in [1.54, 1.807) is 6.07 Å². The smallest absolute Gasteiger partial charge is 0.178 e. The Kier molecular flexibility index (Phi) is 3.04. The van der Waals surface area contributed by atoms with Crippen molar-refractivity contribution in [1.29, 1.82) is 0 Å². The van der Waals surface area contributed by atoms with Crippen LogP contribution in [0.5, 0.6) is 0 Å². The van der Waals surface area contributed by atoms with Gasteiger partial charge in [-0.25, -0.2) is 8.42 Å². The molecule has 1 aromatic rings. The molecule has 1 heterocycles. The molecule has 4 heteroatoms. The van der Waals surface area contributed by atoms with E-state index in [9.17, 15) is 8.42 Å². The third-order valence-corrected chi connectivity index (χ3v) is 5.47. The molecule has 1 aliphatic heterocycles. The predicted molar refractivity (Wildman–Crippen MR) is 66.9 cm³/mol. The van der Waals surface area contributed by atoms with Crippen molar-refractivity contribution in [3.05, 3.63) is 29.3 Å². The highest BCUT2D eigenvalue weighted by Crippen LogP contribution is 2.41. The Morgan fingerprint density at radius 3 is 2.76 bits per heavy atom. The molecule has 0 spiro atoms. The molecule has 0 saturated carbocycles. The minimum Gasteiger partial charge on any atom is -0.396 e. The zero-order chi connectivity index (χ0) is 12.7. The summed E-state index contributed by atoms with van der Waals surface area (Å²) in [6.07, 6.45) is 1.20. The van der Waals surface area contributed by atoms with Gasteiger partial charge in [0.05, 0.1) is 10.6 Å². The summed E-state index contributed by atoms with van der Waals surface area (Å²) in [6, 6.07) is 5.48. The lowest BCUT2D eigenvalue weighted by atomic mass is 9.76. The molecule has 0 aliphatic carbocycles. The highest BCUT2D eigenvalue weighted by Gasteiger charge is 2.38. The van der Waals surface area contributed by atoms with Crippen LogP contribution < -0.4 is 0 Å². The summed E-state index contributed by atoms with van der Waals surface area (Å²) < 4.78 is 24.0. The first-order chi connectivity index (χ1) is 7.89. The van der Waals surface area contributed by atoms with Gasteiger partial charge in [-0.3, -0.25) is 0 Å². The minimum atomic E-state index is -3.13. The Bertz CT molecular complexity index is 534. The molecular formula is C13H18O3S. The lowest BCUT2D eigenvalue weighted by molar-refractivity contribution is 0.238. The Balaban J connectivity index is 2.65. The number of rotatable bonds is 2. The lowest BCUT2D eigenvalue weighted by Crippen LogP contribution is -2.33. The van der Waals surface area contributed by atoms with Crippen molar-refractivity contribution >= 4 is 9.84 Å². The van der Waals surface area contributed by atoms with Crippen LogP contribution in [0.25, 0.3) is 0 Å². The monoisotopic (exact) mass is 254 g/mol. The first-order valence-electron chi connectivity index (χ1n) is 5.84. The molecule has 0 amide bonds. The third-order valence-electron chi connectivity index (χ3n) is 3.71. The van der Waals surface area contributed by atoms with Gasteiger partial charge in [0.25, 0.3) is 0 Å². The van der Waals surface area contributed by atoms with Gasteiger partial charge < -0.3 is 5.11 Å². The molecule has 3 nitrogen and oxygen atoms in total. The first-order valence-corrected chi connectivity index (χ1v) is 7.49. The number of hydrogen-bond acceptors (Lipinski definition) is 3. The number of aryl methyl sites for hydroxylation is 1. The molecule has 1 atom stereocenters. The first kappa shape index (κ1) is 12.6. The lowest BCUT2D eigenvalue weighted by Gasteiger charge is -2.35. The van der Waals surface area contributed by atoms with E-state index < -0.39 is 9.84 Å². The van der Waals surface area contributed by atoms with Crippen molar-refractivity contribution in [2.75, 3.05) is 12.4 Å². The van der Waals surface area contributed by atoms with Crippen molar-refractivity contribution in [2.24, 2.45) is 0 Å². The van der Waals surface area contributed by atoms with Gasteiger partial charge in [-0.2, -0.15) is 0 Å². The molecule has 1 unspecified atom stereocenters. The Hall–Kier alpha value is -0.870. The van der Waals surface area contributed by atoms with Gasteiger partial charge in [0.1, 0.15) is 0 Å². The van der Waals surface area contributed by atoms with E-state index in [1.165, 1.54) is 0 Å². The van der Waals surface area contributed by atoms with Crippen LogP contribution in [0.15, 0.2) is 23.1 Å². The molecule has 0 aromatic heterocycles. The number of hydrogen-bond donors (Lipinski definition) is 1. The van der Waals surface area contributed by atoms with E-state index in [4.69, 9.17) is 5.11 Å². The third kappa shape index (κ3) is 2.11. The fraction of sp³-hybridized carbons (Fsp3) is 0.538. The normalized spacial score (nSPS) is 26.5. The summed E-state index contributed by atoms with van der Waals surface area (Å²) in [7, 11) is -3.13. The summed E-state index contributed by atoms with van der Waals surface area (Å²) in [5.41, 5.74) is 1.71. The fourth-order valence-electron chi connectivity index (χ4n) is 2.50. The standard InChI is InChI=1S/C13H18O3S/c1-10-3-4-12-11(9-10)13(2,5-7-14)6-8-17(12,15)16/h3-4,9,14H,5-8H2,1-2H3. The van der Waals surface area contributed by atoms with Gasteiger partial charge in [0.2, 0.25) is 0 Å². The van der Waals surface area contributed by atoms with Crippen molar-refractivity contribution in [3.63, 3.8) is 0 Å². The highest BCUT2D eigenvalue weighted by atomic mass is 32.2. The fourth-order valence-corrected chi connectivity index (χ4v) is 4.35. The maximum atomic E-state index is 12.0. The van der Waals surface area contributed by atoms with E-state index in [2.05, 4.69) is 0 Å². The van der Waals surface area contributed by atoms with Crippen molar-refractivity contribution in [2.45, 2.75) is 37.0 Å². The van der Waals surface area contributed by atoms with Crippen LogP contribution in [0, 0.1) is 6.92 Å². The van der Waals surface area contributed by atoms with E-state index in [1.807, 2.05) is 26.0 Å². The Labute approximate surface area is 102 Å². The summed E-state index contributed by atoms with van der Waals surface area (Å²) in [6.45, 7) is 4.08. The van der Waals surface area contributed by atoms with Crippen LogP contribution in [0.4, 0.5) is 0 Å². The molecule has 2 rings (SSSR count). The maximum absolute atomic E-state index is 12.0. The van der Waals surface area contributed by atoms with Gasteiger partial charge in [0.15, 0.2) is 9.84 Å². The summed E-state index contributed by atoms with van der Waals surface area (Å²) in [5, 5.41) is 9.16. The van der Waals surface area contributed by atoms with Crippen molar-refractivity contribution < 1.29 is 13.5 Å². The second-order valence-corrected chi connectivity index (χ2v) is 7.18. The molecule has 94 valence electrons. The average Bonchev–Trinajstić information content (AvgIpc) is 2.25. The molecule has 0 bridgehead atoms. The molecule has 1 aliphatic rings. The second-order valence-electron chi connectivity index (χ2n) is 5.10. The van der Waals surface area contributed by atoms with Gasteiger partial charge in [-0.1, -0.05) is 24.6 Å². The quantitative estimate of drug-likeness (QED) is 0.875. The van der Waals surface area contributed by atoms with E-state index in [-0.39, 0.29) is 17.8 Å². The van der Waals surface area contributed by atoms with Crippen LogP contribution >= 0.6 is 0 Å². The van der Waals surface area contributed by atoms with Crippen LogP contribution in [-0.2, 0) is 15.3 Å². The molecular weight excluding hydrogens is 236 g/mol. The van der Waals surface area contributed by atoms with Gasteiger partial charge in [0, 0.05) is 6.61 Å². The molecule has 1 N–H and O–H groups in total. The zero-order valence-electron chi connectivity index (χ0n) is 10.2. The van der Waals surface area contributed by atoms with Crippen LogP contribution in [0.2, 0.25) is 0 Å². The predicted octanol–water partition coefficient (Wildman–Crippen LogP) is 1.81. The van der Waals surface area contributed by atoms with Crippen LogP contribution in [-0.4, -0.2) is 25.9 Å². The van der Waals surface area contributed by atoms with E-state index in [0.717, 1.165) is 11.1 Å². The van der Waals surface area contributed by atoms with Gasteiger partial charge in [-0.15, -0.1) is 0 Å². The summed E-state index contributed by atoms with van der Waals surface area (Å²) in [5.74, 6) is 0.180. The molecule has 17 heavy (non-hydrogen) atoms. The molecule has 0 fully saturated rings. The second kappa shape index (κ2) is 4.10. The number of aliphatic hydroxyl groups is 1. The van der Waals surface area contributed by atoms with E-state index in [0.29, 0.717) is 17.7 Å². The van der Waals surface area contributed by atoms with Gasteiger partial charge in [-0.05, 0) is 36.8 Å². The molecule has 0 radical (unpaired) electrons. The van der Waals surface area contributed by atoms with Gasteiger partial charge >= 0.3 is 0 Å². The number of benzene rings is 1. The Morgan fingerprint density at radius 2 is 2.12 bits per heavy atom. The molecule has 1 aromatic carbocycles. The number of aliphatic hydroxyl groups excluding tert-OH is 1. The summed E-state index contributed by atoms with van der Waals surface area (Å²) in [4.78, 5) is 0.449. The highest BCUT2D eigenvalue weighted by molar-refractivity contribution is 7.91. The number of fused-ring (bicyclic) bond motifs is 1. The van der Waals surface area contributed by atoms with Crippen molar-refractivity contribution in [1.82, 2.24) is 0 Å². The summed E-state index contributed by atoms with van der Waals surface area (Å²) >= 11 is 0. The topological polar surface area (TPSA) is 54.4 Å².